The number of rotatable bonds is 4. The molecule has 2 rings (SSSR count). The summed E-state index contributed by atoms with van der Waals surface area (Å²) in [6.07, 6.45) is 2.54. The summed E-state index contributed by atoms with van der Waals surface area (Å²) in [5, 5.41) is 3.71. The summed E-state index contributed by atoms with van der Waals surface area (Å²) in [7, 11) is 0. The summed E-state index contributed by atoms with van der Waals surface area (Å²) >= 11 is 3.53. The van der Waals surface area contributed by atoms with Gasteiger partial charge in [-0.15, -0.1) is 0 Å². The van der Waals surface area contributed by atoms with Gasteiger partial charge in [0.2, 0.25) is 0 Å². The monoisotopic (exact) mass is 297 g/mol. The Morgan fingerprint density at radius 1 is 1.53 bits per heavy atom. The molecule has 1 aromatic carbocycles. The molecule has 1 heterocycles. The van der Waals surface area contributed by atoms with Crippen molar-refractivity contribution in [3.8, 4) is 0 Å². The highest BCUT2D eigenvalue weighted by Gasteiger charge is 2.26. The fraction of sp³-hybridized carbons (Fsp3) is 0.571. The summed E-state index contributed by atoms with van der Waals surface area (Å²) < 4.78 is 6.74. The Hall–Kier alpha value is -0.380. The van der Waals surface area contributed by atoms with Crippen LogP contribution in [0.1, 0.15) is 38.3 Å². The number of halogens is 1. The molecule has 3 heteroatoms. The minimum Gasteiger partial charge on any atom is -0.377 e. The van der Waals surface area contributed by atoms with E-state index >= 15 is 0 Å². The van der Waals surface area contributed by atoms with E-state index in [-0.39, 0.29) is 0 Å². The fourth-order valence-electron chi connectivity index (χ4n) is 2.38. The zero-order chi connectivity index (χ0) is 12.3. The molecule has 0 aliphatic carbocycles. The van der Waals surface area contributed by atoms with Crippen LogP contribution in [0.2, 0.25) is 0 Å². The predicted molar refractivity (Wildman–Crippen MR) is 74.1 cm³/mol. The Bertz CT molecular complexity index is 369. The van der Waals surface area contributed by atoms with Gasteiger partial charge >= 0.3 is 0 Å². The molecule has 0 radical (unpaired) electrons. The third kappa shape index (κ3) is 3.30. The molecule has 1 aliphatic rings. The molecule has 1 fully saturated rings. The maximum atomic E-state index is 5.60. The van der Waals surface area contributed by atoms with Crippen molar-refractivity contribution in [1.82, 2.24) is 5.32 Å². The molecule has 1 aliphatic heterocycles. The second-order valence-corrected chi connectivity index (χ2v) is 5.57. The van der Waals surface area contributed by atoms with Gasteiger partial charge in [0.05, 0.1) is 6.10 Å². The molecular weight excluding hydrogens is 278 g/mol. The molecule has 17 heavy (non-hydrogen) atoms. The van der Waals surface area contributed by atoms with Gasteiger partial charge in [-0.25, -0.2) is 0 Å². The molecule has 0 saturated carbocycles. The topological polar surface area (TPSA) is 21.3 Å². The van der Waals surface area contributed by atoms with Crippen LogP contribution in [-0.2, 0) is 4.74 Å². The van der Waals surface area contributed by atoms with Gasteiger partial charge in [-0.1, -0.05) is 35.0 Å². The molecule has 1 N–H and O–H groups in total. The van der Waals surface area contributed by atoms with Crippen LogP contribution in [0.4, 0.5) is 0 Å². The standard InChI is InChI=1S/C14H20BrNO/c1-3-13(11-5-4-6-12(15)9-11)16-14-7-8-17-10(14)2/h4-6,9-10,13-14,16H,3,7-8H2,1-2H3. The van der Waals surface area contributed by atoms with Crippen molar-refractivity contribution in [3.05, 3.63) is 34.3 Å². The number of hydrogen-bond acceptors (Lipinski definition) is 2. The van der Waals surface area contributed by atoms with Crippen LogP contribution in [0, 0.1) is 0 Å². The van der Waals surface area contributed by atoms with Gasteiger partial charge in [0.25, 0.3) is 0 Å². The first-order valence-corrected chi connectivity index (χ1v) is 7.13. The molecular formula is C14H20BrNO. The van der Waals surface area contributed by atoms with Gasteiger partial charge < -0.3 is 10.1 Å². The average Bonchev–Trinajstić information content (AvgIpc) is 2.71. The first-order chi connectivity index (χ1) is 8.20. The first-order valence-electron chi connectivity index (χ1n) is 6.34. The van der Waals surface area contributed by atoms with E-state index in [0.29, 0.717) is 18.2 Å². The van der Waals surface area contributed by atoms with Crippen LogP contribution in [0.5, 0.6) is 0 Å². The van der Waals surface area contributed by atoms with E-state index in [9.17, 15) is 0 Å². The van der Waals surface area contributed by atoms with E-state index in [0.717, 1.165) is 23.9 Å². The van der Waals surface area contributed by atoms with Crippen LogP contribution in [0.3, 0.4) is 0 Å². The van der Waals surface area contributed by atoms with Gasteiger partial charge in [-0.05, 0) is 37.5 Å². The highest BCUT2D eigenvalue weighted by Crippen LogP contribution is 2.23. The molecule has 3 unspecified atom stereocenters. The zero-order valence-corrected chi connectivity index (χ0v) is 12.0. The Morgan fingerprint density at radius 3 is 2.94 bits per heavy atom. The number of benzene rings is 1. The summed E-state index contributed by atoms with van der Waals surface area (Å²) in [6, 6.07) is 9.45. The van der Waals surface area contributed by atoms with E-state index < -0.39 is 0 Å². The summed E-state index contributed by atoms with van der Waals surface area (Å²) in [4.78, 5) is 0. The van der Waals surface area contributed by atoms with E-state index in [1.54, 1.807) is 0 Å². The van der Waals surface area contributed by atoms with Gasteiger partial charge in [0.1, 0.15) is 0 Å². The van der Waals surface area contributed by atoms with Crippen molar-refractivity contribution in [3.63, 3.8) is 0 Å². The molecule has 1 saturated heterocycles. The molecule has 2 nitrogen and oxygen atoms in total. The Labute approximate surface area is 112 Å². The van der Waals surface area contributed by atoms with Crippen molar-refractivity contribution in [2.24, 2.45) is 0 Å². The lowest BCUT2D eigenvalue weighted by Gasteiger charge is -2.24. The first kappa shape index (κ1) is 13.1. The fourth-order valence-corrected chi connectivity index (χ4v) is 2.80. The van der Waals surface area contributed by atoms with Crippen molar-refractivity contribution in [2.75, 3.05) is 6.61 Å². The largest absolute Gasteiger partial charge is 0.377 e. The maximum absolute atomic E-state index is 5.60. The number of ether oxygens (including phenoxy) is 1. The zero-order valence-electron chi connectivity index (χ0n) is 10.4. The third-order valence-corrected chi connectivity index (χ3v) is 3.94. The molecule has 3 atom stereocenters. The highest BCUT2D eigenvalue weighted by atomic mass is 79.9. The van der Waals surface area contributed by atoms with E-state index in [2.05, 4.69) is 59.4 Å². The molecule has 0 aromatic heterocycles. The van der Waals surface area contributed by atoms with Crippen LogP contribution >= 0.6 is 15.9 Å². The van der Waals surface area contributed by atoms with Gasteiger partial charge in [0, 0.05) is 23.2 Å². The SMILES string of the molecule is CCC(NC1CCOC1C)c1cccc(Br)c1. The second kappa shape index (κ2) is 5.98. The van der Waals surface area contributed by atoms with Gasteiger partial charge in [-0.2, -0.15) is 0 Å². The van der Waals surface area contributed by atoms with Crippen LogP contribution in [0.15, 0.2) is 28.7 Å². The maximum Gasteiger partial charge on any atom is 0.0700 e. The van der Waals surface area contributed by atoms with Crippen molar-refractivity contribution < 1.29 is 4.74 Å². The molecule has 0 bridgehead atoms. The quantitative estimate of drug-likeness (QED) is 0.916. The predicted octanol–water partition coefficient (Wildman–Crippen LogP) is 3.67. The van der Waals surface area contributed by atoms with Gasteiger partial charge in [-0.3, -0.25) is 0 Å². The summed E-state index contributed by atoms with van der Waals surface area (Å²) in [5.41, 5.74) is 1.35. The van der Waals surface area contributed by atoms with E-state index in [4.69, 9.17) is 4.74 Å². The molecule has 1 aromatic rings. The van der Waals surface area contributed by atoms with Crippen molar-refractivity contribution in [1.29, 1.82) is 0 Å². The third-order valence-electron chi connectivity index (χ3n) is 3.45. The smallest absolute Gasteiger partial charge is 0.0700 e. The molecule has 94 valence electrons. The Morgan fingerprint density at radius 2 is 2.35 bits per heavy atom. The Kier molecular flexibility index (Phi) is 4.60. The van der Waals surface area contributed by atoms with E-state index in [1.165, 1.54) is 5.56 Å². The summed E-state index contributed by atoms with van der Waals surface area (Å²) in [5.74, 6) is 0. The molecule has 0 amide bonds. The lowest BCUT2D eigenvalue weighted by Crippen LogP contribution is -2.37. The number of nitrogens with one attached hydrogen (secondary N) is 1. The normalized spacial score (nSPS) is 26.1. The minimum atomic E-state index is 0.330. The average molecular weight is 298 g/mol. The Balaban J connectivity index is 2.06. The minimum absolute atomic E-state index is 0.330. The second-order valence-electron chi connectivity index (χ2n) is 4.65. The van der Waals surface area contributed by atoms with Crippen LogP contribution in [0.25, 0.3) is 0 Å². The summed E-state index contributed by atoms with van der Waals surface area (Å²) in [6.45, 7) is 5.26. The van der Waals surface area contributed by atoms with Crippen LogP contribution in [-0.4, -0.2) is 18.8 Å². The van der Waals surface area contributed by atoms with Crippen LogP contribution < -0.4 is 5.32 Å². The molecule has 0 spiro atoms. The number of hydrogen-bond donors (Lipinski definition) is 1. The lowest BCUT2D eigenvalue weighted by atomic mass is 10.0. The van der Waals surface area contributed by atoms with Crippen molar-refractivity contribution >= 4 is 15.9 Å². The van der Waals surface area contributed by atoms with Crippen molar-refractivity contribution in [2.45, 2.75) is 44.9 Å². The highest BCUT2D eigenvalue weighted by molar-refractivity contribution is 9.10. The lowest BCUT2D eigenvalue weighted by molar-refractivity contribution is 0.110. The van der Waals surface area contributed by atoms with E-state index in [1.807, 2.05) is 0 Å². The van der Waals surface area contributed by atoms with Gasteiger partial charge in [0.15, 0.2) is 0 Å².